The average Bonchev–Trinajstić information content (AvgIpc) is 2.30. The first-order valence-corrected chi connectivity index (χ1v) is 5.44. The van der Waals surface area contributed by atoms with Crippen LogP contribution in [-0.2, 0) is 0 Å². The molecule has 0 aromatic heterocycles. The summed E-state index contributed by atoms with van der Waals surface area (Å²) in [4.78, 5) is 0. The number of benzene rings is 1. The topological polar surface area (TPSA) is 52.5 Å². The summed E-state index contributed by atoms with van der Waals surface area (Å²) in [5, 5.41) is 20.8. The van der Waals surface area contributed by atoms with Crippen molar-refractivity contribution >= 4 is 6.08 Å². The maximum absolute atomic E-state index is 9.13. The molecule has 88 valence electrons. The normalized spacial score (nSPS) is 13.8. The lowest BCUT2D eigenvalue weighted by molar-refractivity contribution is 0.0952. The van der Waals surface area contributed by atoms with Gasteiger partial charge in [0.05, 0.1) is 12.7 Å². The van der Waals surface area contributed by atoms with Crippen molar-refractivity contribution in [2.45, 2.75) is 13.0 Å². The number of hydrogen-bond acceptors (Lipinski definition) is 3. The Morgan fingerprint density at radius 3 is 2.69 bits per heavy atom. The van der Waals surface area contributed by atoms with E-state index in [9.17, 15) is 0 Å². The van der Waals surface area contributed by atoms with E-state index in [1.54, 1.807) is 0 Å². The lowest BCUT2D eigenvalue weighted by Gasteiger charge is -2.08. The first-order valence-electron chi connectivity index (χ1n) is 5.44. The van der Waals surface area contributed by atoms with Crippen molar-refractivity contribution in [2.24, 2.45) is 0 Å². The summed E-state index contributed by atoms with van der Waals surface area (Å²) >= 11 is 0. The number of aliphatic hydroxyl groups is 2. The van der Waals surface area contributed by atoms with Crippen LogP contribution in [0.5, 0.6) is 0 Å². The molecule has 3 N–H and O–H groups in total. The Morgan fingerprint density at radius 1 is 1.38 bits per heavy atom. The Labute approximate surface area is 96.4 Å². The summed E-state index contributed by atoms with van der Waals surface area (Å²) in [5.74, 6) is 0. The molecule has 0 amide bonds. The molecule has 1 aromatic carbocycles. The van der Waals surface area contributed by atoms with Crippen molar-refractivity contribution in [2.75, 3.05) is 19.7 Å². The molecule has 1 rings (SSSR count). The summed E-state index contributed by atoms with van der Waals surface area (Å²) in [5.41, 5.74) is 2.36. The standard InChI is InChI=1S/C13H19NO2/c1-11(8-14-9-13(16)10-15)7-12-5-3-2-4-6-12/h2-7,13-16H,8-10H2,1H3/b11-7+/t13-/m1/s1. The molecule has 0 saturated carbocycles. The van der Waals surface area contributed by atoms with E-state index in [1.165, 1.54) is 11.1 Å². The second kappa shape index (κ2) is 7.17. The van der Waals surface area contributed by atoms with Gasteiger partial charge in [0.15, 0.2) is 0 Å². The van der Waals surface area contributed by atoms with Gasteiger partial charge in [-0.3, -0.25) is 0 Å². The maximum atomic E-state index is 9.13. The molecule has 3 nitrogen and oxygen atoms in total. The highest BCUT2D eigenvalue weighted by Gasteiger charge is 1.99. The Morgan fingerprint density at radius 2 is 2.06 bits per heavy atom. The van der Waals surface area contributed by atoms with E-state index in [0.717, 1.165) is 0 Å². The summed E-state index contributed by atoms with van der Waals surface area (Å²) in [6.07, 6.45) is 1.42. The quantitative estimate of drug-likeness (QED) is 0.672. The molecule has 0 aliphatic carbocycles. The van der Waals surface area contributed by atoms with Crippen molar-refractivity contribution in [1.29, 1.82) is 0 Å². The predicted octanol–water partition coefficient (Wildman–Crippen LogP) is 1.03. The van der Waals surface area contributed by atoms with Crippen LogP contribution in [-0.4, -0.2) is 36.0 Å². The molecule has 0 aliphatic rings. The molecule has 16 heavy (non-hydrogen) atoms. The SMILES string of the molecule is C/C(=C\c1ccccc1)CNC[C@@H](O)CO. The smallest absolute Gasteiger partial charge is 0.0895 e. The van der Waals surface area contributed by atoms with Gasteiger partial charge in [0.2, 0.25) is 0 Å². The van der Waals surface area contributed by atoms with Crippen LogP contribution in [0.1, 0.15) is 12.5 Å². The highest BCUT2D eigenvalue weighted by atomic mass is 16.3. The molecule has 0 saturated heterocycles. The molecule has 0 spiro atoms. The van der Waals surface area contributed by atoms with E-state index in [1.807, 2.05) is 37.3 Å². The van der Waals surface area contributed by atoms with Crippen LogP contribution in [0.15, 0.2) is 35.9 Å². The van der Waals surface area contributed by atoms with Gasteiger partial charge in [-0.05, 0) is 12.5 Å². The van der Waals surface area contributed by atoms with Crippen molar-refractivity contribution < 1.29 is 10.2 Å². The van der Waals surface area contributed by atoms with E-state index in [2.05, 4.69) is 11.4 Å². The minimum absolute atomic E-state index is 0.200. The molecule has 1 aromatic rings. The third-order valence-corrected chi connectivity index (χ3v) is 2.21. The zero-order chi connectivity index (χ0) is 11.8. The van der Waals surface area contributed by atoms with Gasteiger partial charge in [0.25, 0.3) is 0 Å². The second-order valence-corrected chi connectivity index (χ2v) is 3.87. The van der Waals surface area contributed by atoms with E-state index in [-0.39, 0.29) is 6.61 Å². The van der Waals surface area contributed by atoms with Crippen LogP contribution in [0, 0.1) is 0 Å². The third kappa shape index (κ3) is 5.07. The van der Waals surface area contributed by atoms with Gasteiger partial charge in [-0.2, -0.15) is 0 Å². The summed E-state index contributed by atoms with van der Waals surface area (Å²) in [6, 6.07) is 10.1. The van der Waals surface area contributed by atoms with Crippen LogP contribution in [0.3, 0.4) is 0 Å². The molecule has 0 radical (unpaired) electrons. The maximum Gasteiger partial charge on any atom is 0.0895 e. The van der Waals surface area contributed by atoms with Gasteiger partial charge in [-0.15, -0.1) is 0 Å². The average molecular weight is 221 g/mol. The third-order valence-electron chi connectivity index (χ3n) is 2.21. The minimum Gasteiger partial charge on any atom is -0.394 e. The van der Waals surface area contributed by atoms with Crippen LogP contribution in [0.25, 0.3) is 6.08 Å². The first-order chi connectivity index (χ1) is 7.72. The predicted molar refractivity (Wildman–Crippen MR) is 66.1 cm³/mol. The first kappa shape index (κ1) is 12.9. The summed E-state index contributed by atoms with van der Waals surface area (Å²) in [6.45, 7) is 2.96. The zero-order valence-electron chi connectivity index (χ0n) is 9.56. The van der Waals surface area contributed by atoms with Gasteiger partial charge in [0, 0.05) is 13.1 Å². The van der Waals surface area contributed by atoms with E-state index < -0.39 is 6.10 Å². The fraction of sp³-hybridized carbons (Fsp3) is 0.385. The number of hydrogen-bond donors (Lipinski definition) is 3. The van der Waals surface area contributed by atoms with E-state index >= 15 is 0 Å². The number of rotatable bonds is 6. The molecule has 0 unspecified atom stereocenters. The molecule has 1 atom stereocenters. The number of nitrogens with one attached hydrogen (secondary N) is 1. The van der Waals surface area contributed by atoms with Gasteiger partial charge in [-0.1, -0.05) is 42.0 Å². The fourth-order valence-corrected chi connectivity index (χ4v) is 1.39. The Bertz CT molecular complexity index is 322. The van der Waals surface area contributed by atoms with Crippen LogP contribution >= 0.6 is 0 Å². The van der Waals surface area contributed by atoms with E-state index in [4.69, 9.17) is 10.2 Å². The van der Waals surface area contributed by atoms with Crippen molar-refractivity contribution in [3.8, 4) is 0 Å². The van der Waals surface area contributed by atoms with E-state index in [0.29, 0.717) is 13.1 Å². The largest absolute Gasteiger partial charge is 0.394 e. The fourth-order valence-electron chi connectivity index (χ4n) is 1.39. The summed E-state index contributed by atoms with van der Waals surface area (Å²) < 4.78 is 0. The highest BCUT2D eigenvalue weighted by molar-refractivity contribution is 5.52. The molecular weight excluding hydrogens is 202 g/mol. The molecular formula is C13H19NO2. The Hall–Kier alpha value is -1.16. The van der Waals surface area contributed by atoms with Crippen LogP contribution in [0.2, 0.25) is 0 Å². The Balaban J connectivity index is 2.35. The second-order valence-electron chi connectivity index (χ2n) is 3.87. The molecule has 0 heterocycles. The van der Waals surface area contributed by atoms with Gasteiger partial charge in [-0.25, -0.2) is 0 Å². The van der Waals surface area contributed by atoms with Crippen LogP contribution < -0.4 is 5.32 Å². The monoisotopic (exact) mass is 221 g/mol. The Kier molecular flexibility index (Phi) is 5.78. The van der Waals surface area contributed by atoms with Crippen molar-refractivity contribution in [3.05, 3.63) is 41.5 Å². The molecule has 0 bridgehead atoms. The highest BCUT2D eigenvalue weighted by Crippen LogP contribution is 2.04. The summed E-state index contributed by atoms with van der Waals surface area (Å²) in [7, 11) is 0. The molecule has 0 fully saturated rings. The van der Waals surface area contributed by atoms with Crippen molar-refractivity contribution in [3.63, 3.8) is 0 Å². The number of aliphatic hydroxyl groups excluding tert-OH is 2. The van der Waals surface area contributed by atoms with Crippen molar-refractivity contribution in [1.82, 2.24) is 5.32 Å². The van der Waals surface area contributed by atoms with Gasteiger partial charge >= 0.3 is 0 Å². The molecule has 0 aliphatic heterocycles. The van der Waals surface area contributed by atoms with Gasteiger partial charge < -0.3 is 15.5 Å². The molecule has 3 heteroatoms. The zero-order valence-corrected chi connectivity index (χ0v) is 9.56. The van der Waals surface area contributed by atoms with Gasteiger partial charge in [0.1, 0.15) is 0 Å². The van der Waals surface area contributed by atoms with Crippen LogP contribution in [0.4, 0.5) is 0 Å². The lowest BCUT2D eigenvalue weighted by atomic mass is 10.1. The lowest BCUT2D eigenvalue weighted by Crippen LogP contribution is -2.30. The minimum atomic E-state index is -0.676.